The molecule has 0 aromatic carbocycles. The van der Waals surface area contributed by atoms with E-state index in [-0.39, 0.29) is 5.38 Å². The molecule has 2 unspecified atom stereocenters. The number of hydrogen-bond acceptors (Lipinski definition) is 3. The fourth-order valence-corrected chi connectivity index (χ4v) is 1.46. The highest BCUT2D eigenvalue weighted by Gasteiger charge is 2.04. The summed E-state index contributed by atoms with van der Waals surface area (Å²) < 4.78 is 10.2. The topological polar surface area (TPSA) is 30.5 Å². The average Bonchev–Trinajstić information content (AvgIpc) is 2.10. The van der Waals surface area contributed by atoms with Gasteiger partial charge in [0.05, 0.1) is 19.8 Å². The molecule has 0 rings (SSSR count). The van der Waals surface area contributed by atoms with E-state index in [1.807, 2.05) is 6.92 Å². The SMILES string of the molecule is COCCOCCNC(C)CC(C)Cl. The van der Waals surface area contributed by atoms with Crippen molar-refractivity contribution in [2.45, 2.75) is 31.7 Å². The van der Waals surface area contributed by atoms with E-state index in [0.717, 1.165) is 19.6 Å². The summed E-state index contributed by atoms with van der Waals surface area (Å²) in [4.78, 5) is 0. The zero-order valence-corrected chi connectivity index (χ0v) is 10.1. The van der Waals surface area contributed by atoms with Crippen LogP contribution in [0.15, 0.2) is 0 Å². The smallest absolute Gasteiger partial charge is 0.0700 e. The van der Waals surface area contributed by atoms with Crippen molar-refractivity contribution in [3.8, 4) is 0 Å². The molecule has 0 saturated heterocycles. The second kappa shape index (κ2) is 9.71. The van der Waals surface area contributed by atoms with Crippen molar-refractivity contribution >= 4 is 11.6 Å². The van der Waals surface area contributed by atoms with Crippen LogP contribution in [0.1, 0.15) is 20.3 Å². The first-order valence-electron chi connectivity index (χ1n) is 5.11. The summed E-state index contributed by atoms with van der Waals surface area (Å²) in [6, 6.07) is 0.452. The van der Waals surface area contributed by atoms with Gasteiger partial charge in [-0.15, -0.1) is 11.6 Å². The molecule has 0 aliphatic heterocycles. The predicted octanol–water partition coefficient (Wildman–Crippen LogP) is 1.64. The minimum atomic E-state index is 0.229. The molecule has 0 radical (unpaired) electrons. The number of methoxy groups -OCH3 is 1. The van der Waals surface area contributed by atoms with Gasteiger partial charge in [-0.1, -0.05) is 0 Å². The Balaban J connectivity index is 3.10. The van der Waals surface area contributed by atoms with E-state index in [1.165, 1.54) is 0 Å². The molecular weight excluding hydrogens is 202 g/mol. The van der Waals surface area contributed by atoms with E-state index in [9.17, 15) is 0 Å². The maximum absolute atomic E-state index is 5.87. The third kappa shape index (κ3) is 10.3. The fourth-order valence-electron chi connectivity index (χ4n) is 1.19. The van der Waals surface area contributed by atoms with Crippen LogP contribution in [-0.4, -0.2) is 44.9 Å². The highest BCUT2D eigenvalue weighted by Crippen LogP contribution is 2.03. The van der Waals surface area contributed by atoms with Crippen LogP contribution in [0.2, 0.25) is 0 Å². The second-order valence-corrected chi connectivity index (χ2v) is 4.22. The lowest BCUT2D eigenvalue weighted by Crippen LogP contribution is -2.31. The minimum absolute atomic E-state index is 0.229. The monoisotopic (exact) mass is 223 g/mol. The summed E-state index contributed by atoms with van der Waals surface area (Å²) in [6.45, 7) is 7.06. The molecule has 14 heavy (non-hydrogen) atoms. The van der Waals surface area contributed by atoms with Crippen LogP contribution >= 0.6 is 11.6 Å². The highest BCUT2D eigenvalue weighted by atomic mass is 35.5. The van der Waals surface area contributed by atoms with Crippen LogP contribution in [0, 0.1) is 0 Å². The number of halogens is 1. The quantitative estimate of drug-likeness (QED) is 0.476. The lowest BCUT2D eigenvalue weighted by Gasteiger charge is -2.14. The molecular formula is C10H22ClNO2. The molecule has 0 aliphatic carbocycles. The summed E-state index contributed by atoms with van der Waals surface area (Å²) in [7, 11) is 1.67. The molecule has 86 valence electrons. The molecule has 4 heteroatoms. The maximum Gasteiger partial charge on any atom is 0.0700 e. The first kappa shape index (κ1) is 14.2. The first-order chi connectivity index (χ1) is 6.66. The molecule has 0 aliphatic rings. The van der Waals surface area contributed by atoms with Crippen LogP contribution in [0.4, 0.5) is 0 Å². The predicted molar refractivity (Wildman–Crippen MR) is 60.1 cm³/mol. The van der Waals surface area contributed by atoms with Crippen molar-refractivity contribution in [1.29, 1.82) is 0 Å². The van der Waals surface area contributed by atoms with Gasteiger partial charge in [0.15, 0.2) is 0 Å². The van der Waals surface area contributed by atoms with E-state index in [4.69, 9.17) is 21.1 Å². The molecule has 0 bridgehead atoms. The van der Waals surface area contributed by atoms with Gasteiger partial charge in [-0.05, 0) is 20.3 Å². The highest BCUT2D eigenvalue weighted by molar-refractivity contribution is 6.20. The van der Waals surface area contributed by atoms with Crippen LogP contribution in [0.25, 0.3) is 0 Å². The van der Waals surface area contributed by atoms with Crippen LogP contribution in [0.5, 0.6) is 0 Å². The van der Waals surface area contributed by atoms with Crippen molar-refractivity contribution in [3.63, 3.8) is 0 Å². The summed E-state index contributed by atoms with van der Waals surface area (Å²) in [5.41, 5.74) is 0. The molecule has 0 fully saturated rings. The maximum atomic E-state index is 5.87. The molecule has 1 N–H and O–H groups in total. The molecule has 0 heterocycles. The van der Waals surface area contributed by atoms with Gasteiger partial charge in [0.25, 0.3) is 0 Å². The molecule has 0 amide bonds. The summed E-state index contributed by atoms with van der Waals surface area (Å²) >= 11 is 5.87. The number of nitrogens with one attached hydrogen (secondary N) is 1. The Morgan fingerprint density at radius 2 is 1.93 bits per heavy atom. The number of ether oxygens (including phenoxy) is 2. The van der Waals surface area contributed by atoms with Gasteiger partial charge in [-0.2, -0.15) is 0 Å². The molecule has 0 aromatic rings. The van der Waals surface area contributed by atoms with Crippen LogP contribution in [0.3, 0.4) is 0 Å². The Kier molecular flexibility index (Phi) is 9.83. The van der Waals surface area contributed by atoms with Gasteiger partial charge >= 0.3 is 0 Å². The van der Waals surface area contributed by atoms with Gasteiger partial charge in [0.1, 0.15) is 0 Å². The third-order valence-corrected chi connectivity index (χ3v) is 2.03. The number of alkyl halides is 1. The zero-order valence-electron chi connectivity index (χ0n) is 9.38. The zero-order chi connectivity index (χ0) is 10.8. The molecule has 0 saturated carbocycles. The van der Waals surface area contributed by atoms with E-state index in [0.29, 0.717) is 19.3 Å². The number of hydrogen-bond donors (Lipinski definition) is 1. The van der Waals surface area contributed by atoms with Crippen LogP contribution < -0.4 is 5.32 Å². The van der Waals surface area contributed by atoms with Crippen molar-refractivity contribution in [1.82, 2.24) is 5.32 Å². The normalized spacial score (nSPS) is 15.4. The summed E-state index contributed by atoms with van der Waals surface area (Å²) in [6.07, 6.45) is 0.986. The first-order valence-corrected chi connectivity index (χ1v) is 5.54. The van der Waals surface area contributed by atoms with Gasteiger partial charge in [-0.25, -0.2) is 0 Å². The van der Waals surface area contributed by atoms with Crippen molar-refractivity contribution < 1.29 is 9.47 Å². The molecule has 2 atom stereocenters. The van der Waals surface area contributed by atoms with Gasteiger partial charge < -0.3 is 14.8 Å². The standard InChI is InChI=1S/C10H22ClNO2/c1-9(11)8-10(2)12-4-5-14-7-6-13-3/h9-10,12H,4-8H2,1-3H3. The second-order valence-electron chi connectivity index (χ2n) is 3.48. The minimum Gasteiger partial charge on any atom is -0.382 e. The summed E-state index contributed by atoms with van der Waals surface area (Å²) in [5, 5.41) is 3.57. The summed E-state index contributed by atoms with van der Waals surface area (Å²) in [5.74, 6) is 0. The van der Waals surface area contributed by atoms with Crippen molar-refractivity contribution in [2.24, 2.45) is 0 Å². The Bertz CT molecular complexity index is 123. The lowest BCUT2D eigenvalue weighted by molar-refractivity contribution is 0.0711. The Hall–Kier alpha value is 0.170. The largest absolute Gasteiger partial charge is 0.382 e. The van der Waals surface area contributed by atoms with Gasteiger partial charge in [0.2, 0.25) is 0 Å². The van der Waals surface area contributed by atoms with E-state index in [2.05, 4.69) is 12.2 Å². The van der Waals surface area contributed by atoms with E-state index < -0.39 is 0 Å². The molecule has 3 nitrogen and oxygen atoms in total. The molecule has 0 aromatic heterocycles. The fraction of sp³-hybridized carbons (Fsp3) is 1.00. The Morgan fingerprint density at radius 3 is 2.50 bits per heavy atom. The number of rotatable bonds is 9. The van der Waals surface area contributed by atoms with Crippen molar-refractivity contribution in [2.75, 3.05) is 33.5 Å². The van der Waals surface area contributed by atoms with Gasteiger partial charge in [0, 0.05) is 25.1 Å². The van der Waals surface area contributed by atoms with Gasteiger partial charge in [-0.3, -0.25) is 0 Å². The van der Waals surface area contributed by atoms with E-state index in [1.54, 1.807) is 7.11 Å². The third-order valence-electron chi connectivity index (χ3n) is 1.85. The Morgan fingerprint density at radius 1 is 1.21 bits per heavy atom. The van der Waals surface area contributed by atoms with Crippen LogP contribution in [-0.2, 0) is 9.47 Å². The Labute approximate surface area is 92.1 Å². The van der Waals surface area contributed by atoms with Crippen molar-refractivity contribution in [3.05, 3.63) is 0 Å². The lowest BCUT2D eigenvalue weighted by atomic mass is 10.2. The van der Waals surface area contributed by atoms with E-state index >= 15 is 0 Å². The average molecular weight is 224 g/mol. The molecule has 0 spiro atoms.